The first-order chi connectivity index (χ1) is 15.1. The average molecular weight is 414 g/mol. The van der Waals surface area contributed by atoms with Gasteiger partial charge in [0.25, 0.3) is 5.89 Å². The lowest BCUT2D eigenvalue weighted by molar-refractivity contribution is 0.411. The first-order valence-electron chi connectivity index (χ1n) is 9.99. The second-order valence-electron chi connectivity index (χ2n) is 7.56. The molecule has 0 radical (unpaired) electrons. The second-order valence-corrected chi connectivity index (χ2v) is 7.56. The highest BCUT2D eigenvalue weighted by molar-refractivity contribution is 5.73. The fraction of sp³-hybridized carbons (Fsp3) is 0.208. The smallest absolute Gasteiger partial charge is 0.279 e. The molecule has 0 atom stereocenters. The van der Waals surface area contributed by atoms with Crippen LogP contribution in [0.2, 0.25) is 0 Å². The first-order valence-corrected chi connectivity index (χ1v) is 9.99. The van der Waals surface area contributed by atoms with Gasteiger partial charge in [0.15, 0.2) is 11.5 Å². The van der Waals surface area contributed by atoms with Crippen molar-refractivity contribution in [3.63, 3.8) is 0 Å². The van der Waals surface area contributed by atoms with E-state index in [0.717, 1.165) is 33.9 Å². The molecule has 7 nitrogen and oxygen atoms in total. The normalized spacial score (nSPS) is 14.3. The van der Waals surface area contributed by atoms with Crippen molar-refractivity contribution in [3.05, 3.63) is 82.8 Å². The van der Waals surface area contributed by atoms with Crippen LogP contribution in [-0.4, -0.2) is 34.6 Å². The Bertz CT molecular complexity index is 1220. The summed E-state index contributed by atoms with van der Waals surface area (Å²) in [6.45, 7) is 1.79. The molecule has 1 aliphatic carbocycles. The van der Waals surface area contributed by atoms with Gasteiger partial charge in [0.05, 0.1) is 14.2 Å². The molecule has 4 aromatic rings. The monoisotopic (exact) mass is 414 g/mol. The Morgan fingerprint density at radius 1 is 1.00 bits per heavy atom. The maximum absolute atomic E-state index is 5.51. The summed E-state index contributed by atoms with van der Waals surface area (Å²) in [4.78, 5) is 4.33. The number of aromatic nitrogens is 4. The molecule has 0 saturated heterocycles. The van der Waals surface area contributed by atoms with Crippen LogP contribution in [0.5, 0.6) is 11.5 Å². The van der Waals surface area contributed by atoms with E-state index < -0.39 is 5.41 Å². The zero-order valence-corrected chi connectivity index (χ0v) is 17.5. The van der Waals surface area contributed by atoms with Crippen molar-refractivity contribution < 1.29 is 14.0 Å². The molecule has 2 aromatic heterocycles. The molecule has 0 unspecified atom stereocenters. The average Bonchev–Trinajstić information content (AvgIpc) is 3.44. The lowest BCUT2D eigenvalue weighted by atomic mass is 9.68. The van der Waals surface area contributed by atoms with E-state index in [1.165, 1.54) is 0 Å². The van der Waals surface area contributed by atoms with Gasteiger partial charge in [0.2, 0.25) is 0 Å². The van der Waals surface area contributed by atoms with Crippen LogP contribution in [0, 0.1) is 6.92 Å². The number of nitrogens with zero attached hydrogens (tertiary/aromatic N) is 3. The van der Waals surface area contributed by atoms with E-state index in [0.29, 0.717) is 23.8 Å². The summed E-state index contributed by atoms with van der Waals surface area (Å²) in [5.41, 5.74) is 4.43. The van der Waals surface area contributed by atoms with Gasteiger partial charge in [0.1, 0.15) is 11.5 Å². The predicted molar refractivity (Wildman–Crippen MR) is 116 cm³/mol. The molecule has 7 heteroatoms. The Morgan fingerprint density at radius 2 is 1.68 bits per heavy atom. The summed E-state index contributed by atoms with van der Waals surface area (Å²) in [6.07, 6.45) is 4.97. The minimum absolute atomic E-state index is 0.412. The van der Waals surface area contributed by atoms with E-state index in [1.54, 1.807) is 21.1 Å². The topological polar surface area (TPSA) is 86.1 Å². The Balaban J connectivity index is 1.67. The molecule has 2 aromatic carbocycles. The van der Waals surface area contributed by atoms with Gasteiger partial charge in [-0.3, -0.25) is 5.10 Å². The van der Waals surface area contributed by atoms with Gasteiger partial charge in [-0.2, -0.15) is 10.1 Å². The Morgan fingerprint density at radius 3 is 2.26 bits per heavy atom. The van der Waals surface area contributed by atoms with Crippen molar-refractivity contribution in [3.8, 4) is 23.1 Å². The molecule has 0 saturated carbocycles. The summed E-state index contributed by atoms with van der Waals surface area (Å²) >= 11 is 0. The van der Waals surface area contributed by atoms with Crippen LogP contribution < -0.4 is 9.47 Å². The molecule has 31 heavy (non-hydrogen) atoms. The minimum atomic E-state index is -0.426. The van der Waals surface area contributed by atoms with Gasteiger partial charge in [0, 0.05) is 23.1 Å². The first kappa shape index (κ1) is 19.1. The quantitative estimate of drug-likeness (QED) is 0.523. The predicted octanol–water partition coefficient (Wildman–Crippen LogP) is 4.34. The lowest BCUT2D eigenvalue weighted by Gasteiger charge is -2.34. The van der Waals surface area contributed by atoms with Crippen molar-refractivity contribution in [2.24, 2.45) is 0 Å². The van der Waals surface area contributed by atoms with Gasteiger partial charge >= 0.3 is 0 Å². The van der Waals surface area contributed by atoms with Crippen molar-refractivity contribution in [2.75, 3.05) is 14.2 Å². The number of hydrogen-bond acceptors (Lipinski definition) is 6. The summed E-state index contributed by atoms with van der Waals surface area (Å²) < 4.78 is 16.4. The zero-order chi connectivity index (χ0) is 21.4. The van der Waals surface area contributed by atoms with Gasteiger partial charge in [-0.05, 0) is 42.3 Å². The molecule has 1 N–H and O–H groups in total. The molecule has 0 amide bonds. The Kier molecular flexibility index (Phi) is 4.58. The molecule has 2 heterocycles. The van der Waals surface area contributed by atoms with E-state index in [4.69, 9.17) is 14.0 Å². The molecular formula is C24H22N4O3. The van der Waals surface area contributed by atoms with Crippen molar-refractivity contribution in [2.45, 2.75) is 18.8 Å². The number of allylic oxidation sites excluding steroid dienone is 1. The third kappa shape index (κ3) is 3.18. The Labute approximate surface area is 179 Å². The van der Waals surface area contributed by atoms with Crippen molar-refractivity contribution >= 4 is 6.08 Å². The van der Waals surface area contributed by atoms with Gasteiger partial charge in [-0.25, -0.2) is 0 Å². The molecule has 0 fully saturated rings. The van der Waals surface area contributed by atoms with Gasteiger partial charge < -0.3 is 14.0 Å². The number of hydrogen-bond donors (Lipinski definition) is 1. The fourth-order valence-electron chi connectivity index (χ4n) is 4.19. The van der Waals surface area contributed by atoms with E-state index >= 15 is 0 Å². The second kappa shape index (κ2) is 7.43. The number of nitrogens with one attached hydrogen (secondary N) is 1. The van der Waals surface area contributed by atoms with E-state index in [1.807, 2.05) is 24.3 Å². The highest BCUT2D eigenvalue weighted by atomic mass is 16.5. The van der Waals surface area contributed by atoms with Crippen molar-refractivity contribution in [1.29, 1.82) is 0 Å². The highest BCUT2D eigenvalue weighted by Crippen LogP contribution is 2.44. The maximum atomic E-state index is 5.51. The van der Waals surface area contributed by atoms with Gasteiger partial charge in [-0.15, -0.1) is 0 Å². The van der Waals surface area contributed by atoms with E-state index in [-0.39, 0.29) is 0 Å². The van der Waals surface area contributed by atoms with Crippen LogP contribution >= 0.6 is 0 Å². The number of aryl methyl sites for hydroxylation is 1. The number of aromatic amines is 1. The number of fused-ring (bicyclic) bond motifs is 1. The third-order valence-electron chi connectivity index (χ3n) is 5.77. The van der Waals surface area contributed by atoms with Crippen LogP contribution in [0.25, 0.3) is 17.7 Å². The molecular weight excluding hydrogens is 392 g/mol. The zero-order valence-electron chi connectivity index (χ0n) is 17.5. The fourth-order valence-corrected chi connectivity index (χ4v) is 4.19. The minimum Gasteiger partial charge on any atom is -0.497 e. The number of benzene rings is 2. The van der Waals surface area contributed by atoms with E-state index in [2.05, 4.69) is 56.8 Å². The van der Waals surface area contributed by atoms with Crippen LogP contribution in [-0.2, 0) is 11.8 Å². The third-order valence-corrected chi connectivity index (χ3v) is 5.77. The number of H-pyrrole nitrogens is 1. The van der Waals surface area contributed by atoms with Crippen LogP contribution in [0.15, 0.2) is 59.1 Å². The molecule has 0 aliphatic heterocycles. The molecule has 1 aliphatic rings. The number of methoxy groups -OCH3 is 2. The summed E-state index contributed by atoms with van der Waals surface area (Å²) in [5.74, 6) is 2.61. The highest BCUT2D eigenvalue weighted by Gasteiger charge is 2.37. The molecule has 156 valence electrons. The summed E-state index contributed by atoms with van der Waals surface area (Å²) in [7, 11) is 3.36. The molecule has 0 bridgehead atoms. The largest absolute Gasteiger partial charge is 0.497 e. The van der Waals surface area contributed by atoms with Crippen LogP contribution in [0.4, 0.5) is 0 Å². The summed E-state index contributed by atoms with van der Waals surface area (Å²) in [6, 6.07) is 16.3. The summed E-state index contributed by atoms with van der Waals surface area (Å²) in [5, 5.41) is 11.6. The van der Waals surface area contributed by atoms with Crippen LogP contribution in [0.1, 0.15) is 28.2 Å². The van der Waals surface area contributed by atoms with Gasteiger partial charge in [-0.1, -0.05) is 41.6 Å². The SMILES string of the molecule is COc1cccc(C2(c3cccc(OC)c3)C=Cc3c(-c4nc(C)no4)n[nH]c3C2)c1. The van der Waals surface area contributed by atoms with Crippen LogP contribution in [0.3, 0.4) is 0 Å². The molecule has 0 spiro atoms. The van der Waals surface area contributed by atoms with E-state index in [9.17, 15) is 0 Å². The Hall–Kier alpha value is -3.87. The molecule has 5 rings (SSSR count). The lowest BCUT2D eigenvalue weighted by Crippen LogP contribution is -2.30. The number of ether oxygens (including phenoxy) is 2. The number of rotatable bonds is 5. The van der Waals surface area contributed by atoms with Crippen molar-refractivity contribution in [1.82, 2.24) is 20.3 Å². The maximum Gasteiger partial charge on any atom is 0.279 e. The standard InChI is InChI=1S/C24H22N4O3/c1-15-25-23(31-28-15)22-20-10-11-24(14-21(20)26-27-22,16-6-4-8-18(12-16)29-2)17-7-5-9-19(13-17)30-3/h4-13H,14H2,1-3H3,(H,26,27).